The molecule has 2 aromatic carbocycles. The summed E-state index contributed by atoms with van der Waals surface area (Å²) in [6.07, 6.45) is 1.51. The fourth-order valence-electron chi connectivity index (χ4n) is 2.74. The van der Waals surface area contributed by atoms with Crippen molar-refractivity contribution in [2.24, 2.45) is 0 Å². The van der Waals surface area contributed by atoms with Crippen LogP contribution in [0.5, 0.6) is 5.75 Å². The summed E-state index contributed by atoms with van der Waals surface area (Å²) in [6.45, 7) is 3.68. The van der Waals surface area contributed by atoms with Crippen molar-refractivity contribution < 1.29 is 19.1 Å². The van der Waals surface area contributed by atoms with Crippen LogP contribution in [0.25, 0.3) is 0 Å². The second kappa shape index (κ2) is 9.61. The lowest BCUT2D eigenvalue weighted by Crippen LogP contribution is -2.22. The summed E-state index contributed by atoms with van der Waals surface area (Å²) in [5.74, 6) is -0.00381. The van der Waals surface area contributed by atoms with Gasteiger partial charge in [-0.25, -0.2) is 0 Å². The second-order valence-electron chi connectivity index (χ2n) is 5.98. The van der Waals surface area contributed by atoms with Gasteiger partial charge in [-0.3, -0.25) is 9.59 Å². The molecule has 0 aliphatic rings. The molecule has 138 valence electrons. The average Bonchev–Trinajstić information content (AvgIpc) is 2.66. The predicted molar refractivity (Wildman–Crippen MR) is 101 cm³/mol. The van der Waals surface area contributed by atoms with Gasteiger partial charge in [0.2, 0.25) is 0 Å². The lowest BCUT2D eigenvalue weighted by molar-refractivity contribution is -0.147. The molecule has 0 saturated carbocycles. The number of carbonyl (C=O) groups excluding carboxylic acids is 2. The van der Waals surface area contributed by atoms with Gasteiger partial charge >= 0.3 is 5.97 Å². The number of anilines is 1. The fourth-order valence-corrected chi connectivity index (χ4v) is 2.74. The fraction of sp³-hybridized carbons (Fsp3) is 0.333. The van der Waals surface area contributed by atoms with Crippen molar-refractivity contribution in [2.45, 2.75) is 33.1 Å². The van der Waals surface area contributed by atoms with Crippen molar-refractivity contribution in [2.75, 3.05) is 19.0 Å². The van der Waals surface area contributed by atoms with E-state index < -0.39 is 5.97 Å². The number of rotatable bonds is 8. The Labute approximate surface area is 154 Å². The summed E-state index contributed by atoms with van der Waals surface area (Å²) in [5, 5.41) is 2.84. The molecule has 0 spiro atoms. The number of carbonyl (C=O) groups is 2. The smallest absolute Gasteiger partial charge is 0.306 e. The van der Waals surface area contributed by atoms with Crippen LogP contribution in [-0.4, -0.2) is 25.6 Å². The van der Waals surface area contributed by atoms with Gasteiger partial charge in [-0.15, -0.1) is 0 Å². The number of hydrogen-bond acceptors (Lipinski definition) is 4. The first-order chi connectivity index (χ1) is 12.5. The Morgan fingerprint density at radius 3 is 2.50 bits per heavy atom. The molecule has 0 aliphatic carbocycles. The van der Waals surface area contributed by atoms with Crippen molar-refractivity contribution in [3.05, 3.63) is 59.2 Å². The van der Waals surface area contributed by atoms with E-state index in [0.29, 0.717) is 6.42 Å². The number of para-hydroxylation sites is 2. The van der Waals surface area contributed by atoms with E-state index in [9.17, 15) is 9.59 Å². The molecule has 0 saturated heterocycles. The van der Waals surface area contributed by atoms with Crippen LogP contribution in [0.15, 0.2) is 42.5 Å². The monoisotopic (exact) mass is 355 g/mol. The van der Waals surface area contributed by atoms with Crippen LogP contribution in [-0.2, 0) is 27.2 Å². The molecule has 2 aromatic rings. The summed E-state index contributed by atoms with van der Waals surface area (Å²) in [7, 11) is 1.59. The molecule has 0 aromatic heterocycles. The Hall–Kier alpha value is -2.82. The number of benzene rings is 2. The quantitative estimate of drug-likeness (QED) is 0.734. The maximum absolute atomic E-state index is 12.1. The van der Waals surface area contributed by atoms with Crippen LogP contribution < -0.4 is 10.1 Å². The van der Waals surface area contributed by atoms with Crippen LogP contribution in [0.3, 0.4) is 0 Å². The molecule has 0 bridgehead atoms. The van der Waals surface area contributed by atoms with Crippen molar-refractivity contribution in [3.63, 3.8) is 0 Å². The Morgan fingerprint density at radius 1 is 1.04 bits per heavy atom. The predicted octanol–water partition coefficient (Wildman–Crippen LogP) is 3.68. The van der Waals surface area contributed by atoms with Crippen molar-refractivity contribution in [3.8, 4) is 5.75 Å². The highest BCUT2D eigenvalue weighted by atomic mass is 16.5. The highest BCUT2D eigenvalue weighted by Gasteiger charge is 2.12. The maximum Gasteiger partial charge on any atom is 0.306 e. The topological polar surface area (TPSA) is 64.6 Å². The minimum Gasteiger partial charge on any atom is -0.496 e. The molecule has 5 heteroatoms. The zero-order valence-electron chi connectivity index (χ0n) is 15.5. The molecule has 1 N–H and O–H groups in total. The van der Waals surface area contributed by atoms with Gasteiger partial charge in [0.25, 0.3) is 5.91 Å². The molecular weight excluding hydrogens is 330 g/mol. The summed E-state index contributed by atoms with van der Waals surface area (Å²) in [6, 6.07) is 13.4. The first-order valence-corrected chi connectivity index (χ1v) is 8.71. The van der Waals surface area contributed by atoms with Gasteiger partial charge in [-0.05, 0) is 42.5 Å². The first kappa shape index (κ1) is 19.5. The minimum atomic E-state index is -0.411. The SMILES string of the molecule is CCc1cccc(C)c1NC(=O)COC(=O)CCc1ccccc1OC. The van der Waals surface area contributed by atoms with E-state index in [4.69, 9.17) is 9.47 Å². The number of hydrogen-bond donors (Lipinski definition) is 1. The van der Waals surface area contributed by atoms with E-state index in [2.05, 4.69) is 5.32 Å². The van der Waals surface area contributed by atoms with Crippen LogP contribution in [0.2, 0.25) is 0 Å². The summed E-state index contributed by atoms with van der Waals surface area (Å²) in [4.78, 5) is 24.0. The van der Waals surface area contributed by atoms with Gasteiger partial charge < -0.3 is 14.8 Å². The molecule has 26 heavy (non-hydrogen) atoms. The van der Waals surface area contributed by atoms with E-state index in [1.54, 1.807) is 7.11 Å². The van der Waals surface area contributed by atoms with Crippen molar-refractivity contribution >= 4 is 17.6 Å². The molecule has 1 amide bonds. The first-order valence-electron chi connectivity index (χ1n) is 8.71. The van der Waals surface area contributed by atoms with E-state index in [1.807, 2.05) is 56.3 Å². The molecule has 0 fully saturated rings. The second-order valence-corrected chi connectivity index (χ2v) is 5.98. The number of ether oxygens (including phenoxy) is 2. The molecule has 0 unspecified atom stereocenters. The largest absolute Gasteiger partial charge is 0.496 e. The third-order valence-electron chi connectivity index (χ3n) is 4.16. The van der Waals surface area contributed by atoms with E-state index in [1.165, 1.54) is 0 Å². The highest BCUT2D eigenvalue weighted by Crippen LogP contribution is 2.21. The van der Waals surface area contributed by atoms with Gasteiger partial charge in [0.15, 0.2) is 6.61 Å². The average molecular weight is 355 g/mol. The number of methoxy groups -OCH3 is 1. The van der Waals surface area contributed by atoms with Gasteiger partial charge in [0, 0.05) is 12.1 Å². The Bertz CT molecular complexity index is 770. The van der Waals surface area contributed by atoms with E-state index in [0.717, 1.165) is 34.5 Å². The van der Waals surface area contributed by atoms with E-state index >= 15 is 0 Å². The molecule has 0 aliphatic heterocycles. The molecule has 0 atom stereocenters. The molecular formula is C21H25NO4. The van der Waals surface area contributed by atoms with Gasteiger partial charge in [0.05, 0.1) is 7.11 Å². The van der Waals surface area contributed by atoms with E-state index in [-0.39, 0.29) is 18.9 Å². The number of esters is 1. The normalized spacial score (nSPS) is 10.3. The zero-order chi connectivity index (χ0) is 18.9. The summed E-state index contributed by atoms with van der Waals surface area (Å²) < 4.78 is 10.4. The minimum absolute atomic E-state index is 0.193. The Balaban J connectivity index is 1.83. The number of nitrogens with one attached hydrogen (secondary N) is 1. The Kier molecular flexibility index (Phi) is 7.21. The van der Waals surface area contributed by atoms with Gasteiger partial charge in [-0.2, -0.15) is 0 Å². The third kappa shape index (κ3) is 5.34. The third-order valence-corrected chi connectivity index (χ3v) is 4.16. The molecule has 0 heterocycles. The van der Waals surface area contributed by atoms with Crippen LogP contribution in [0, 0.1) is 6.92 Å². The molecule has 0 radical (unpaired) electrons. The van der Waals surface area contributed by atoms with Gasteiger partial charge in [0.1, 0.15) is 5.75 Å². The summed E-state index contributed by atoms with van der Waals surface area (Å²) in [5.41, 5.74) is 3.77. The highest BCUT2D eigenvalue weighted by molar-refractivity contribution is 5.94. The lowest BCUT2D eigenvalue weighted by Gasteiger charge is -2.13. The van der Waals surface area contributed by atoms with Crippen LogP contribution in [0.1, 0.15) is 30.0 Å². The lowest BCUT2D eigenvalue weighted by atomic mass is 10.1. The van der Waals surface area contributed by atoms with Crippen LogP contribution >= 0.6 is 0 Å². The number of aryl methyl sites for hydroxylation is 3. The summed E-state index contributed by atoms with van der Waals surface area (Å²) >= 11 is 0. The van der Waals surface area contributed by atoms with Crippen molar-refractivity contribution in [1.82, 2.24) is 0 Å². The van der Waals surface area contributed by atoms with Crippen molar-refractivity contribution in [1.29, 1.82) is 0 Å². The number of amides is 1. The molecule has 5 nitrogen and oxygen atoms in total. The maximum atomic E-state index is 12.1. The molecule has 2 rings (SSSR count). The van der Waals surface area contributed by atoms with Crippen LogP contribution in [0.4, 0.5) is 5.69 Å². The Morgan fingerprint density at radius 2 is 1.77 bits per heavy atom. The standard InChI is InChI=1S/C21H25NO4/c1-4-16-10-7-8-15(2)21(16)22-19(23)14-26-20(24)13-12-17-9-5-6-11-18(17)25-3/h5-11H,4,12-14H2,1-3H3,(H,22,23). The van der Waals surface area contributed by atoms with Gasteiger partial charge in [-0.1, -0.05) is 43.3 Å². The zero-order valence-corrected chi connectivity index (χ0v) is 15.5.